The summed E-state index contributed by atoms with van der Waals surface area (Å²) in [4.78, 5) is 27.4. The number of thioether (sulfide) groups is 1. The topological polar surface area (TPSA) is 58.6 Å². The summed E-state index contributed by atoms with van der Waals surface area (Å²) in [5.41, 5.74) is 5.67. The summed E-state index contributed by atoms with van der Waals surface area (Å²) in [6, 6.07) is 20.7. The molecule has 5 nitrogen and oxygen atoms in total. The van der Waals surface area contributed by atoms with Crippen molar-refractivity contribution in [3.63, 3.8) is 0 Å². The predicted octanol–water partition coefficient (Wildman–Crippen LogP) is 6.04. The SMILES string of the molecule is Cc1ccc(N2C(=O)/C(=C/c3cccc(OCC(=O)Nc4ccc(C)c(C)c4)c3)SC2=S)cc1. The average Bonchev–Trinajstić information content (AvgIpc) is 3.08. The number of benzene rings is 3. The van der Waals surface area contributed by atoms with Crippen LogP contribution >= 0.6 is 24.0 Å². The molecule has 1 aliphatic rings. The van der Waals surface area contributed by atoms with E-state index < -0.39 is 0 Å². The molecule has 0 bridgehead atoms. The molecule has 2 amide bonds. The quantitative estimate of drug-likeness (QED) is 0.339. The maximum absolute atomic E-state index is 13.0. The largest absolute Gasteiger partial charge is 0.484 e. The first-order chi connectivity index (χ1) is 16.3. The molecule has 0 radical (unpaired) electrons. The summed E-state index contributed by atoms with van der Waals surface area (Å²) in [6.45, 7) is 5.90. The molecule has 1 N–H and O–H groups in total. The van der Waals surface area contributed by atoms with E-state index in [2.05, 4.69) is 5.32 Å². The first kappa shape index (κ1) is 23.7. The van der Waals surface area contributed by atoms with E-state index in [0.29, 0.717) is 15.0 Å². The van der Waals surface area contributed by atoms with Gasteiger partial charge in [-0.05, 0) is 79.9 Å². The highest BCUT2D eigenvalue weighted by Gasteiger charge is 2.33. The van der Waals surface area contributed by atoms with Gasteiger partial charge in [0.05, 0.1) is 10.6 Å². The van der Waals surface area contributed by atoms with E-state index in [1.807, 2.05) is 75.4 Å². The number of aryl methyl sites for hydroxylation is 3. The standard InChI is InChI=1S/C27H24N2O3S2/c1-17-7-11-22(12-8-17)29-26(31)24(34-27(29)33)15-20-5-4-6-23(14-20)32-16-25(30)28-21-10-9-18(2)19(3)13-21/h4-15H,16H2,1-3H3,(H,28,30)/b24-15-. The minimum absolute atomic E-state index is 0.119. The molecule has 0 saturated carbocycles. The maximum atomic E-state index is 13.0. The van der Waals surface area contributed by atoms with Gasteiger partial charge in [0.15, 0.2) is 10.9 Å². The number of rotatable bonds is 6. The molecule has 7 heteroatoms. The number of nitrogens with one attached hydrogen (secondary N) is 1. The van der Waals surface area contributed by atoms with E-state index in [1.165, 1.54) is 17.3 Å². The van der Waals surface area contributed by atoms with Crippen molar-refractivity contribution in [2.24, 2.45) is 0 Å². The Bertz CT molecular complexity index is 1300. The van der Waals surface area contributed by atoms with Crippen molar-refractivity contribution >= 4 is 57.6 Å². The number of carbonyl (C=O) groups is 2. The lowest BCUT2D eigenvalue weighted by molar-refractivity contribution is -0.118. The Hall–Kier alpha value is -3.42. The van der Waals surface area contributed by atoms with Crippen LogP contribution in [0.3, 0.4) is 0 Å². The Morgan fingerprint density at radius 2 is 1.79 bits per heavy atom. The summed E-state index contributed by atoms with van der Waals surface area (Å²) in [5.74, 6) is 0.142. The Kier molecular flexibility index (Phi) is 7.14. The van der Waals surface area contributed by atoms with Crippen molar-refractivity contribution < 1.29 is 14.3 Å². The van der Waals surface area contributed by atoms with Gasteiger partial charge in [-0.15, -0.1) is 0 Å². The molecule has 0 spiro atoms. The summed E-state index contributed by atoms with van der Waals surface area (Å²) in [6.07, 6.45) is 1.79. The summed E-state index contributed by atoms with van der Waals surface area (Å²) < 4.78 is 6.18. The van der Waals surface area contributed by atoms with Crippen molar-refractivity contribution in [1.82, 2.24) is 0 Å². The second-order valence-electron chi connectivity index (χ2n) is 8.06. The van der Waals surface area contributed by atoms with E-state index >= 15 is 0 Å². The second-order valence-corrected chi connectivity index (χ2v) is 9.74. The Labute approximate surface area is 208 Å². The molecule has 1 fully saturated rings. The lowest BCUT2D eigenvalue weighted by atomic mass is 10.1. The highest BCUT2D eigenvalue weighted by molar-refractivity contribution is 8.27. The highest BCUT2D eigenvalue weighted by atomic mass is 32.2. The first-order valence-electron chi connectivity index (χ1n) is 10.7. The van der Waals surface area contributed by atoms with Gasteiger partial charge in [-0.3, -0.25) is 14.5 Å². The molecule has 4 rings (SSSR count). The second kappa shape index (κ2) is 10.2. The fraction of sp³-hybridized carbons (Fsp3) is 0.148. The third kappa shape index (κ3) is 5.55. The van der Waals surface area contributed by atoms with E-state index in [4.69, 9.17) is 17.0 Å². The van der Waals surface area contributed by atoms with Crippen LogP contribution in [0.25, 0.3) is 6.08 Å². The van der Waals surface area contributed by atoms with Gasteiger partial charge in [0.2, 0.25) is 0 Å². The van der Waals surface area contributed by atoms with Gasteiger partial charge in [-0.2, -0.15) is 0 Å². The van der Waals surface area contributed by atoms with Gasteiger partial charge in [0, 0.05) is 5.69 Å². The number of nitrogens with zero attached hydrogens (tertiary/aromatic N) is 1. The molecule has 3 aromatic carbocycles. The lowest BCUT2D eigenvalue weighted by Crippen LogP contribution is -2.27. The van der Waals surface area contributed by atoms with Crippen LogP contribution < -0.4 is 15.0 Å². The Balaban J connectivity index is 1.41. The van der Waals surface area contributed by atoms with Crippen LogP contribution in [0.15, 0.2) is 71.6 Å². The number of anilines is 2. The Morgan fingerprint density at radius 3 is 2.53 bits per heavy atom. The van der Waals surface area contributed by atoms with Crippen LogP contribution in [0.5, 0.6) is 5.75 Å². The van der Waals surface area contributed by atoms with Crippen LogP contribution in [-0.2, 0) is 9.59 Å². The first-order valence-corrected chi connectivity index (χ1v) is 12.0. The van der Waals surface area contributed by atoms with Gasteiger partial charge >= 0.3 is 0 Å². The molecule has 1 heterocycles. The average molecular weight is 489 g/mol. The number of amides is 2. The summed E-state index contributed by atoms with van der Waals surface area (Å²) >= 11 is 6.72. The van der Waals surface area contributed by atoms with Gasteiger partial charge in [-0.25, -0.2) is 0 Å². The third-order valence-electron chi connectivity index (χ3n) is 5.40. The van der Waals surface area contributed by atoms with Gasteiger partial charge in [0.25, 0.3) is 11.8 Å². The third-order valence-corrected chi connectivity index (χ3v) is 6.70. The number of thiocarbonyl (C=S) groups is 1. The lowest BCUT2D eigenvalue weighted by Gasteiger charge is -2.14. The minimum Gasteiger partial charge on any atom is -0.484 e. The molecule has 0 atom stereocenters. The van der Waals surface area contributed by atoms with Crippen LogP contribution in [-0.4, -0.2) is 22.7 Å². The van der Waals surface area contributed by atoms with Crippen molar-refractivity contribution in [3.8, 4) is 5.75 Å². The predicted molar refractivity (Wildman–Crippen MR) is 143 cm³/mol. The van der Waals surface area contributed by atoms with Crippen molar-refractivity contribution in [1.29, 1.82) is 0 Å². The number of carbonyl (C=O) groups excluding carboxylic acids is 2. The van der Waals surface area contributed by atoms with Gasteiger partial charge in [-0.1, -0.05) is 59.9 Å². The van der Waals surface area contributed by atoms with Gasteiger partial charge in [0.1, 0.15) is 5.75 Å². The molecule has 1 saturated heterocycles. The molecule has 34 heavy (non-hydrogen) atoms. The van der Waals surface area contributed by atoms with Crippen molar-refractivity contribution in [2.45, 2.75) is 20.8 Å². The van der Waals surface area contributed by atoms with Crippen molar-refractivity contribution in [3.05, 3.63) is 93.9 Å². The molecule has 0 aromatic heterocycles. The zero-order valence-corrected chi connectivity index (χ0v) is 20.8. The molecule has 0 aliphatic carbocycles. The normalized spacial score (nSPS) is 14.6. The van der Waals surface area contributed by atoms with E-state index in [-0.39, 0.29) is 18.4 Å². The van der Waals surface area contributed by atoms with Crippen molar-refractivity contribution in [2.75, 3.05) is 16.8 Å². The minimum atomic E-state index is -0.243. The number of ether oxygens (including phenoxy) is 1. The van der Waals surface area contributed by atoms with Gasteiger partial charge < -0.3 is 10.1 Å². The van der Waals surface area contributed by atoms with Crippen LogP contribution in [0, 0.1) is 20.8 Å². The van der Waals surface area contributed by atoms with Crippen LogP contribution in [0.2, 0.25) is 0 Å². The van der Waals surface area contributed by atoms with Crippen LogP contribution in [0.4, 0.5) is 11.4 Å². The monoisotopic (exact) mass is 488 g/mol. The summed E-state index contributed by atoms with van der Waals surface area (Å²) in [7, 11) is 0. The number of hydrogen-bond acceptors (Lipinski definition) is 5. The summed E-state index contributed by atoms with van der Waals surface area (Å²) in [5, 5.41) is 2.84. The highest BCUT2D eigenvalue weighted by Crippen LogP contribution is 2.36. The molecule has 3 aromatic rings. The molecule has 0 unspecified atom stereocenters. The smallest absolute Gasteiger partial charge is 0.270 e. The van der Waals surface area contributed by atoms with E-state index in [1.54, 1.807) is 23.1 Å². The number of hydrogen-bond donors (Lipinski definition) is 1. The fourth-order valence-corrected chi connectivity index (χ4v) is 4.69. The van der Waals surface area contributed by atoms with Crippen LogP contribution in [0.1, 0.15) is 22.3 Å². The maximum Gasteiger partial charge on any atom is 0.270 e. The fourth-order valence-electron chi connectivity index (χ4n) is 3.39. The molecular weight excluding hydrogens is 464 g/mol. The zero-order valence-electron chi connectivity index (χ0n) is 19.1. The molecule has 172 valence electrons. The zero-order chi connectivity index (χ0) is 24.2. The molecular formula is C27H24N2O3S2. The van der Waals surface area contributed by atoms with E-state index in [0.717, 1.165) is 28.1 Å². The molecule has 1 aliphatic heterocycles. The van der Waals surface area contributed by atoms with E-state index in [9.17, 15) is 9.59 Å². The Morgan fingerprint density at radius 1 is 1.03 bits per heavy atom.